The first-order valence-electron chi connectivity index (χ1n) is 9.60. The van der Waals surface area contributed by atoms with Crippen LogP contribution in [0.2, 0.25) is 0 Å². The van der Waals surface area contributed by atoms with Gasteiger partial charge in [-0.3, -0.25) is 4.99 Å². The maximum atomic E-state index is 12.6. The maximum Gasteiger partial charge on any atom is 0.220 e. The lowest BCUT2D eigenvalue weighted by molar-refractivity contribution is 0.258. The number of hydrogen-bond acceptors (Lipinski definition) is 6. The maximum absolute atomic E-state index is 12.6. The second kappa shape index (κ2) is 10.7. The minimum Gasteiger partial charge on any atom is -0.364 e. The standard InChI is InChI=1S/C17H30N6O3S.HI/c1-3-18-17(19-13-16-5-4-7-21(16)2)22-8-10-23(11-9-22)27(24,25)14-15-6-12-26-20-15;/h6,12,16H,3-5,7-11,13-14H2,1-2H3,(H,18,19);1H. The highest BCUT2D eigenvalue weighted by atomic mass is 127. The fraction of sp³-hybridized carbons (Fsp3) is 0.765. The second-order valence-corrected chi connectivity index (χ2v) is 9.07. The fourth-order valence-corrected chi connectivity index (χ4v) is 5.02. The molecule has 1 N–H and O–H groups in total. The van der Waals surface area contributed by atoms with Gasteiger partial charge in [0.1, 0.15) is 12.0 Å². The first kappa shape index (κ1) is 23.4. The van der Waals surface area contributed by atoms with Crippen molar-refractivity contribution >= 4 is 40.0 Å². The Labute approximate surface area is 184 Å². The molecule has 1 unspecified atom stereocenters. The van der Waals surface area contributed by atoms with Gasteiger partial charge in [-0.2, -0.15) is 4.31 Å². The van der Waals surface area contributed by atoms with Crippen molar-refractivity contribution in [2.45, 2.75) is 31.6 Å². The summed E-state index contributed by atoms with van der Waals surface area (Å²) in [6.45, 7) is 6.93. The van der Waals surface area contributed by atoms with Crippen molar-refractivity contribution in [2.24, 2.45) is 4.99 Å². The monoisotopic (exact) mass is 526 g/mol. The minimum atomic E-state index is -3.38. The smallest absolute Gasteiger partial charge is 0.220 e. The number of guanidine groups is 1. The van der Waals surface area contributed by atoms with E-state index in [2.05, 4.69) is 34.2 Å². The van der Waals surface area contributed by atoms with Crippen molar-refractivity contribution < 1.29 is 12.9 Å². The van der Waals surface area contributed by atoms with Gasteiger partial charge >= 0.3 is 0 Å². The number of piperazine rings is 1. The molecule has 0 spiro atoms. The van der Waals surface area contributed by atoms with Crippen LogP contribution >= 0.6 is 24.0 Å². The molecule has 160 valence electrons. The van der Waals surface area contributed by atoms with Crippen LogP contribution in [0.4, 0.5) is 0 Å². The first-order chi connectivity index (χ1) is 13.0. The van der Waals surface area contributed by atoms with Crippen LogP contribution in [0.15, 0.2) is 21.8 Å². The number of nitrogens with one attached hydrogen (secondary N) is 1. The van der Waals surface area contributed by atoms with Crippen LogP contribution < -0.4 is 5.32 Å². The number of rotatable bonds is 6. The summed E-state index contributed by atoms with van der Waals surface area (Å²) in [4.78, 5) is 9.33. The largest absolute Gasteiger partial charge is 0.364 e. The van der Waals surface area contributed by atoms with E-state index in [4.69, 9.17) is 9.52 Å². The average molecular weight is 526 g/mol. The Bertz CT molecular complexity index is 719. The number of likely N-dealkylation sites (N-methyl/N-ethyl adjacent to an activating group) is 1. The number of sulfonamides is 1. The van der Waals surface area contributed by atoms with Gasteiger partial charge in [0, 0.05) is 44.8 Å². The average Bonchev–Trinajstić information content (AvgIpc) is 3.30. The molecule has 0 aromatic carbocycles. The summed E-state index contributed by atoms with van der Waals surface area (Å²) in [5.41, 5.74) is 0.438. The third-order valence-corrected chi connectivity index (χ3v) is 7.02. The summed E-state index contributed by atoms with van der Waals surface area (Å²) < 4.78 is 31.4. The summed E-state index contributed by atoms with van der Waals surface area (Å²) in [6.07, 6.45) is 3.81. The number of nitrogens with zero attached hydrogens (tertiary/aromatic N) is 5. The molecule has 2 aliphatic rings. The summed E-state index contributed by atoms with van der Waals surface area (Å²) in [5, 5.41) is 7.06. The van der Waals surface area contributed by atoms with E-state index in [1.165, 1.54) is 23.4 Å². The second-order valence-electron chi connectivity index (χ2n) is 7.10. The summed E-state index contributed by atoms with van der Waals surface area (Å²) >= 11 is 0. The van der Waals surface area contributed by atoms with Gasteiger partial charge in [0.05, 0.1) is 12.2 Å². The van der Waals surface area contributed by atoms with Gasteiger partial charge in [0.2, 0.25) is 10.0 Å². The van der Waals surface area contributed by atoms with E-state index in [1.54, 1.807) is 6.07 Å². The molecule has 3 heterocycles. The van der Waals surface area contributed by atoms with Gasteiger partial charge in [0.15, 0.2) is 5.96 Å². The molecule has 2 aliphatic heterocycles. The molecular weight excluding hydrogens is 495 g/mol. The number of aliphatic imine (C=N–C) groups is 1. The lowest BCUT2D eigenvalue weighted by Gasteiger charge is -2.36. The van der Waals surface area contributed by atoms with Crippen molar-refractivity contribution in [1.29, 1.82) is 0 Å². The third-order valence-electron chi connectivity index (χ3n) is 5.21. The van der Waals surface area contributed by atoms with E-state index in [0.29, 0.717) is 37.9 Å². The molecule has 9 nitrogen and oxygen atoms in total. The molecule has 1 atom stereocenters. The molecule has 0 radical (unpaired) electrons. The van der Waals surface area contributed by atoms with Crippen molar-refractivity contribution in [2.75, 3.05) is 52.9 Å². The molecule has 0 bridgehead atoms. The zero-order valence-electron chi connectivity index (χ0n) is 16.6. The molecule has 0 aliphatic carbocycles. The van der Waals surface area contributed by atoms with Crippen molar-refractivity contribution in [3.05, 3.63) is 18.0 Å². The topological polar surface area (TPSA) is 94.3 Å². The van der Waals surface area contributed by atoms with Gasteiger partial charge in [-0.05, 0) is 33.4 Å². The third kappa shape index (κ3) is 6.04. The molecule has 1 aromatic rings. The molecule has 11 heteroatoms. The number of aromatic nitrogens is 1. The van der Waals surface area contributed by atoms with Gasteiger partial charge in [-0.25, -0.2) is 8.42 Å². The molecule has 0 amide bonds. The van der Waals surface area contributed by atoms with E-state index < -0.39 is 10.0 Å². The predicted molar refractivity (Wildman–Crippen MR) is 119 cm³/mol. The SMILES string of the molecule is CCNC(=NCC1CCCN1C)N1CCN(S(=O)(=O)Cc2ccon2)CC1.I. The number of likely N-dealkylation sites (tertiary alicyclic amines) is 1. The number of hydrogen-bond donors (Lipinski definition) is 1. The van der Waals surface area contributed by atoms with Crippen LogP contribution in [0.1, 0.15) is 25.5 Å². The first-order valence-corrected chi connectivity index (χ1v) is 11.2. The number of halogens is 1. The van der Waals surface area contributed by atoms with E-state index >= 15 is 0 Å². The molecular formula is C17H31IN6O3S. The van der Waals surface area contributed by atoms with Gasteiger partial charge in [-0.1, -0.05) is 5.16 Å². The normalized spacial score (nSPS) is 22.3. The van der Waals surface area contributed by atoms with E-state index in [1.807, 2.05) is 0 Å². The Kier molecular flexibility index (Phi) is 8.96. The predicted octanol–water partition coefficient (Wildman–Crippen LogP) is 0.800. The van der Waals surface area contributed by atoms with Gasteiger partial charge in [-0.15, -0.1) is 24.0 Å². The molecule has 1 aromatic heterocycles. The van der Waals surface area contributed by atoms with Crippen LogP contribution in [-0.4, -0.2) is 92.5 Å². The van der Waals surface area contributed by atoms with Crippen LogP contribution in [0.25, 0.3) is 0 Å². The summed E-state index contributed by atoms with van der Waals surface area (Å²) in [7, 11) is -1.23. The zero-order valence-corrected chi connectivity index (χ0v) is 19.7. The molecule has 3 rings (SSSR count). The molecule has 0 saturated carbocycles. The highest BCUT2D eigenvalue weighted by molar-refractivity contribution is 14.0. The lowest BCUT2D eigenvalue weighted by atomic mass is 10.2. The Morgan fingerprint density at radius 1 is 1.32 bits per heavy atom. The van der Waals surface area contributed by atoms with E-state index in [0.717, 1.165) is 25.6 Å². The summed E-state index contributed by atoms with van der Waals surface area (Å²) in [5.74, 6) is 0.762. The quantitative estimate of drug-likeness (QED) is 0.333. The van der Waals surface area contributed by atoms with E-state index in [-0.39, 0.29) is 29.7 Å². The van der Waals surface area contributed by atoms with Crippen LogP contribution in [0.5, 0.6) is 0 Å². The summed E-state index contributed by atoms with van der Waals surface area (Å²) in [6, 6.07) is 2.09. The van der Waals surface area contributed by atoms with Crippen LogP contribution in [0, 0.1) is 0 Å². The van der Waals surface area contributed by atoms with Crippen molar-refractivity contribution in [1.82, 2.24) is 24.6 Å². The Morgan fingerprint density at radius 2 is 2.07 bits per heavy atom. The fourth-order valence-electron chi connectivity index (χ4n) is 3.60. The van der Waals surface area contributed by atoms with Crippen LogP contribution in [-0.2, 0) is 15.8 Å². The molecule has 28 heavy (non-hydrogen) atoms. The minimum absolute atomic E-state index is 0. The Hall–Kier alpha value is -0.920. The zero-order chi connectivity index (χ0) is 19.3. The molecule has 2 saturated heterocycles. The highest BCUT2D eigenvalue weighted by Crippen LogP contribution is 2.16. The van der Waals surface area contributed by atoms with Gasteiger partial charge in [0.25, 0.3) is 0 Å². The van der Waals surface area contributed by atoms with Crippen molar-refractivity contribution in [3.63, 3.8) is 0 Å². The van der Waals surface area contributed by atoms with Gasteiger partial charge < -0.3 is 19.6 Å². The highest BCUT2D eigenvalue weighted by Gasteiger charge is 2.29. The Morgan fingerprint density at radius 3 is 2.64 bits per heavy atom. The molecule has 2 fully saturated rings. The van der Waals surface area contributed by atoms with E-state index in [9.17, 15) is 8.42 Å². The van der Waals surface area contributed by atoms with Crippen LogP contribution in [0.3, 0.4) is 0 Å². The Balaban J connectivity index is 0.00000280. The lowest BCUT2D eigenvalue weighted by Crippen LogP contribution is -2.54. The van der Waals surface area contributed by atoms with Crippen molar-refractivity contribution in [3.8, 4) is 0 Å².